The summed E-state index contributed by atoms with van der Waals surface area (Å²) < 4.78 is 30.1. The molecule has 1 saturated heterocycles. The average molecular weight is 862 g/mol. The van der Waals surface area contributed by atoms with Gasteiger partial charge in [0.1, 0.15) is 12.0 Å². The van der Waals surface area contributed by atoms with Crippen LogP contribution in [0.2, 0.25) is 5.02 Å². The first-order chi connectivity index (χ1) is 29.2. The van der Waals surface area contributed by atoms with Gasteiger partial charge in [0, 0.05) is 78.0 Å². The predicted octanol–water partition coefficient (Wildman–Crippen LogP) is 7.70. The molecule has 18 heteroatoms. The number of benzene rings is 5. The summed E-state index contributed by atoms with van der Waals surface area (Å²) in [5, 5.41) is 30.9. The molecule has 60 heavy (non-hydrogen) atoms. The predicted molar refractivity (Wildman–Crippen MR) is 235 cm³/mol. The first-order valence-corrected chi connectivity index (χ1v) is 22.1. The number of fused-ring (bicyclic) bond motifs is 1. The fraction of sp³-hybridized carbons (Fsp3) is 0.214. The number of aromatic amines is 1. The Morgan fingerprint density at radius 1 is 0.900 bits per heavy atom. The second-order valence-electron chi connectivity index (χ2n) is 14.2. The lowest BCUT2D eigenvalue weighted by Gasteiger charge is -2.36. The highest BCUT2D eigenvalue weighted by molar-refractivity contribution is 7.99. The number of halogens is 1. The van der Waals surface area contributed by atoms with Crippen molar-refractivity contribution in [1.29, 1.82) is 0 Å². The fourth-order valence-corrected chi connectivity index (χ4v) is 9.42. The van der Waals surface area contributed by atoms with E-state index in [1.165, 1.54) is 29.6 Å². The second-order valence-corrected chi connectivity index (χ2v) is 17.4. The van der Waals surface area contributed by atoms with Gasteiger partial charge in [0.25, 0.3) is 15.7 Å². The molecule has 1 aliphatic rings. The molecule has 8 rings (SSSR count). The van der Waals surface area contributed by atoms with Crippen LogP contribution in [0.5, 0.6) is 0 Å². The van der Waals surface area contributed by atoms with Gasteiger partial charge in [-0.3, -0.25) is 19.7 Å². The largest absolute Gasteiger partial charge is 0.376 e. The zero-order chi connectivity index (χ0) is 41.5. The van der Waals surface area contributed by atoms with Crippen molar-refractivity contribution in [1.82, 2.24) is 35.5 Å². The molecule has 1 atom stereocenters. The van der Waals surface area contributed by atoms with Crippen LogP contribution < -0.4 is 14.9 Å². The lowest BCUT2D eigenvalue weighted by molar-refractivity contribution is -0.384. The molecule has 1 fully saturated rings. The van der Waals surface area contributed by atoms with Gasteiger partial charge in [0.05, 0.1) is 15.3 Å². The third-order valence-corrected chi connectivity index (χ3v) is 13.0. The van der Waals surface area contributed by atoms with E-state index >= 15 is 0 Å². The summed E-state index contributed by atoms with van der Waals surface area (Å²) in [7, 11) is -4.31. The summed E-state index contributed by atoms with van der Waals surface area (Å²) in [5.41, 5.74) is 4.82. The number of tetrazole rings is 1. The van der Waals surface area contributed by atoms with E-state index in [-0.39, 0.29) is 28.1 Å². The number of H-pyrrole nitrogens is 1. The van der Waals surface area contributed by atoms with Gasteiger partial charge in [0.15, 0.2) is 11.6 Å². The molecule has 1 aliphatic heterocycles. The van der Waals surface area contributed by atoms with Crippen LogP contribution in [0.1, 0.15) is 17.8 Å². The molecule has 3 N–H and O–H groups in total. The molecule has 5 aromatic carbocycles. The zero-order valence-corrected chi connectivity index (χ0v) is 34.6. The quantitative estimate of drug-likeness (QED) is 0.0488. The summed E-state index contributed by atoms with van der Waals surface area (Å²) in [4.78, 5) is 25.9. The van der Waals surface area contributed by atoms with E-state index in [1.807, 2.05) is 72.8 Å². The van der Waals surface area contributed by atoms with Crippen LogP contribution in [0.3, 0.4) is 0 Å². The van der Waals surface area contributed by atoms with Crippen LogP contribution in [0, 0.1) is 10.1 Å². The first-order valence-electron chi connectivity index (χ1n) is 19.2. The van der Waals surface area contributed by atoms with E-state index in [0.717, 1.165) is 54.9 Å². The van der Waals surface area contributed by atoms with Crippen LogP contribution >= 0.6 is 23.4 Å². The number of aryl methyl sites for hydroxylation is 1. The number of sulfonamides is 1. The molecule has 0 aliphatic carbocycles. The summed E-state index contributed by atoms with van der Waals surface area (Å²) in [6.07, 6.45) is 2.31. The molecule has 7 aromatic rings. The third-order valence-electron chi connectivity index (χ3n) is 10.3. The number of nitro benzene ring substituents is 1. The number of nitro groups is 1. The van der Waals surface area contributed by atoms with Crippen molar-refractivity contribution in [2.75, 3.05) is 46.9 Å². The van der Waals surface area contributed by atoms with Gasteiger partial charge in [-0.15, -0.1) is 22.0 Å². The minimum Gasteiger partial charge on any atom is -0.376 e. The van der Waals surface area contributed by atoms with Gasteiger partial charge in [-0.1, -0.05) is 71.4 Å². The molecule has 1 unspecified atom stereocenters. The van der Waals surface area contributed by atoms with Crippen molar-refractivity contribution >= 4 is 67.2 Å². The van der Waals surface area contributed by atoms with Crippen molar-refractivity contribution in [2.45, 2.75) is 35.2 Å². The Morgan fingerprint density at radius 2 is 1.68 bits per heavy atom. The van der Waals surface area contributed by atoms with Gasteiger partial charge >= 0.3 is 0 Å². The van der Waals surface area contributed by atoms with E-state index in [0.29, 0.717) is 40.3 Å². The zero-order valence-electron chi connectivity index (χ0n) is 32.2. The van der Waals surface area contributed by atoms with Crippen molar-refractivity contribution in [3.8, 4) is 11.1 Å². The van der Waals surface area contributed by atoms with Crippen LogP contribution in [0.15, 0.2) is 131 Å². The van der Waals surface area contributed by atoms with Gasteiger partial charge in [-0.05, 0) is 77.7 Å². The number of anilines is 3. The second kappa shape index (κ2) is 18.4. The number of aromatic nitrogens is 6. The molecular weight excluding hydrogens is 822 g/mol. The van der Waals surface area contributed by atoms with Crippen molar-refractivity contribution in [2.24, 2.45) is 0 Å². The highest BCUT2D eigenvalue weighted by Gasteiger charge is 2.25. The van der Waals surface area contributed by atoms with E-state index in [4.69, 9.17) is 11.6 Å². The molecule has 0 spiro atoms. The van der Waals surface area contributed by atoms with Crippen LogP contribution in [-0.4, -0.2) is 86.8 Å². The Hall–Kier alpha value is -6.14. The average Bonchev–Trinajstić information content (AvgIpc) is 3.79. The summed E-state index contributed by atoms with van der Waals surface area (Å²) in [6.45, 7) is 4.01. The lowest BCUT2D eigenvalue weighted by Crippen LogP contribution is -2.46. The minimum atomic E-state index is -4.31. The summed E-state index contributed by atoms with van der Waals surface area (Å²) in [6, 6.07) is 35.4. The van der Waals surface area contributed by atoms with Gasteiger partial charge in [-0.25, -0.2) is 18.4 Å². The molecule has 0 amide bonds. The summed E-state index contributed by atoms with van der Waals surface area (Å²) in [5.74, 6) is 1.15. The van der Waals surface area contributed by atoms with E-state index in [2.05, 4.69) is 68.6 Å². The number of nitrogens with zero attached hydrogens (tertiary/aromatic N) is 8. The highest BCUT2D eigenvalue weighted by Crippen LogP contribution is 2.33. The minimum absolute atomic E-state index is 0.0661. The number of hydrogen-bond donors (Lipinski definition) is 3. The monoisotopic (exact) mass is 861 g/mol. The Balaban J connectivity index is 0.945. The van der Waals surface area contributed by atoms with Crippen LogP contribution in [0.4, 0.5) is 22.9 Å². The van der Waals surface area contributed by atoms with Crippen LogP contribution in [0.25, 0.3) is 22.0 Å². The Bertz CT molecular complexity index is 2690. The SMILES string of the molecule is O=[N+]([O-])c1cc(S(=O)(=O)Nc2ncnc3cc(N4CCN(Cc5cc(Cl)ccc5-c5ccccc5)CC4)ccc23)ccc1NC(CCc1nn[nH]n1)CSc1ccccc1. The third kappa shape index (κ3) is 9.82. The number of rotatable bonds is 16. The van der Waals surface area contributed by atoms with Crippen molar-refractivity contribution < 1.29 is 13.3 Å². The molecule has 2 aromatic heterocycles. The number of piperazine rings is 1. The Morgan fingerprint density at radius 3 is 2.43 bits per heavy atom. The molecule has 3 heterocycles. The van der Waals surface area contributed by atoms with E-state index < -0.39 is 14.9 Å². The van der Waals surface area contributed by atoms with Crippen LogP contribution in [-0.2, 0) is 23.0 Å². The summed E-state index contributed by atoms with van der Waals surface area (Å²) >= 11 is 8.02. The molecule has 0 radical (unpaired) electrons. The van der Waals surface area contributed by atoms with E-state index in [9.17, 15) is 18.5 Å². The lowest BCUT2D eigenvalue weighted by atomic mass is 9.99. The normalized spacial score (nSPS) is 13.9. The number of nitrogens with one attached hydrogen (secondary N) is 3. The van der Waals surface area contributed by atoms with Gasteiger partial charge in [0.2, 0.25) is 0 Å². The maximum Gasteiger partial charge on any atom is 0.293 e. The topological polar surface area (TPSA) is 188 Å². The molecular formula is C42H40ClN11O4S2. The van der Waals surface area contributed by atoms with E-state index in [1.54, 1.807) is 17.8 Å². The maximum atomic E-state index is 13.8. The van der Waals surface area contributed by atoms with Gasteiger partial charge < -0.3 is 10.2 Å². The molecule has 15 nitrogen and oxygen atoms in total. The fourth-order valence-electron chi connectivity index (χ4n) is 7.18. The van der Waals surface area contributed by atoms with Gasteiger partial charge in [-0.2, -0.15) is 5.21 Å². The first kappa shape index (κ1) is 40.6. The maximum absolute atomic E-state index is 13.8. The molecule has 0 bridgehead atoms. The molecule has 306 valence electrons. The van der Waals surface area contributed by atoms with Crippen molar-refractivity contribution in [3.05, 3.63) is 148 Å². The highest BCUT2D eigenvalue weighted by atomic mass is 35.5. The molecule has 0 saturated carbocycles. The Labute approximate surface area is 355 Å². The standard InChI is InChI=1S/C42H40ClN11O4S2/c43-31-11-15-36(29-7-3-1-4-8-29)30(23-31)26-52-19-21-53(22-20-52)33-13-16-37-39(24-33)44-28-45-42(37)49-60(57,58)35-14-17-38(40(25-35)54(55)56)46-32(12-18-41-47-50-51-48-41)27-59-34-9-5-2-6-10-34/h1-11,13-17,23-25,28,32,46H,12,18-22,26-27H2,(H,44,45,49)(H,47,48,50,51). The number of thioether (sulfide) groups is 1. The number of hydrogen-bond acceptors (Lipinski definition) is 13. The van der Waals surface area contributed by atoms with Crippen molar-refractivity contribution in [3.63, 3.8) is 0 Å². The smallest absolute Gasteiger partial charge is 0.293 e. The Kier molecular flexibility index (Phi) is 12.5.